The number of carbonyl (C=O) groups excluding carboxylic acids is 1. The number of hydrogen-bond donors (Lipinski definition) is 3. The highest BCUT2D eigenvalue weighted by atomic mass is 16.4. The first-order valence-electron chi connectivity index (χ1n) is 7.12. The molecule has 0 aliphatic carbocycles. The van der Waals surface area contributed by atoms with Crippen molar-refractivity contribution < 1.29 is 14.7 Å². The van der Waals surface area contributed by atoms with E-state index in [2.05, 4.69) is 5.32 Å². The number of carbonyl (C=O) groups is 2. The zero-order valence-corrected chi connectivity index (χ0v) is 11.9. The Labute approximate surface area is 123 Å². The fraction of sp³-hybridized carbons (Fsp3) is 0.467. The third-order valence-corrected chi connectivity index (χ3v) is 3.86. The molecule has 6 nitrogen and oxygen atoms in total. The van der Waals surface area contributed by atoms with Crippen molar-refractivity contribution in [2.24, 2.45) is 11.7 Å². The zero-order valence-electron chi connectivity index (χ0n) is 11.9. The Morgan fingerprint density at radius 3 is 2.67 bits per heavy atom. The maximum atomic E-state index is 12.6. The second-order valence-corrected chi connectivity index (χ2v) is 5.25. The van der Waals surface area contributed by atoms with Crippen LogP contribution >= 0.6 is 0 Å². The maximum absolute atomic E-state index is 12.6. The minimum atomic E-state index is -1.01. The third kappa shape index (κ3) is 3.80. The lowest BCUT2D eigenvalue weighted by atomic mass is 9.91. The molecule has 1 amide bonds. The molecule has 0 radical (unpaired) electrons. The quantitative estimate of drug-likeness (QED) is 0.718. The molecule has 2 unspecified atom stereocenters. The van der Waals surface area contributed by atoms with Gasteiger partial charge in [0.15, 0.2) is 0 Å². The molecular formula is C15H21N3O3. The maximum Gasteiger partial charge on any atom is 0.323 e. The Morgan fingerprint density at radius 1 is 1.33 bits per heavy atom. The van der Waals surface area contributed by atoms with Gasteiger partial charge in [0.25, 0.3) is 5.91 Å². The summed E-state index contributed by atoms with van der Waals surface area (Å²) in [5.74, 6) is -1.18. The minimum Gasteiger partial charge on any atom is -0.480 e. The monoisotopic (exact) mass is 291 g/mol. The van der Waals surface area contributed by atoms with Gasteiger partial charge in [0.05, 0.1) is 0 Å². The van der Waals surface area contributed by atoms with Crippen LogP contribution in [0.3, 0.4) is 0 Å². The fourth-order valence-electron chi connectivity index (χ4n) is 2.79. The standard InChI is InChI=1S/C15H21N3O3/c16-8-12-9-17-7-6-13(12)18(10-14(19)20)15(21)11-4-2-1-3-5-11/h1-5,12-13,17H,6-10,16H2,(H,19,20). The van der Waals surface area contributed by atoms with E-state index < -0.39 is 5.97 Å². The number of aliphatic carboxylic acids is 1. The third-order valence-electron chi connectivity index (χ3n) is 3.86. The van der Waals surface area contributed by atoms with Gasteiger partial charge in [-0.15, -0.1) is 0 Å². The molecule has 2 atom stereocenters. The first kappa shape index (κ1) is 15.5. The highest BCUT2D eigenvalue weighted by Gasteiger charge is 2.33. The van der Waals surface area contributed by atoms with Crippen LogP contribution in [-0.4, -0.2) is 54.1 Å². The van der Waals surface area contributed by atoms with Crippen LogP contribution in [-0.2, 0) is 4.79 Å². The molecule has 0 spiro atoms. The molecule has 1 aliphatic heterocycles. The van der Waals surface area contributed by atoms with Crippen molar-refractivity contribution in [1.29, 1.82) is 0 Å². The van der Waals surface area contributed by atoms with Crippen molar-refractivity contribution >= 4 is 11.9 Å². The van der Waals surface area contributed by atoms with Crippen LogP contribution in [0.1, 0.15) is 16.8 Å². The number of hydrogen-bond acceptors (Lipinski definition) is 4. The molecule has 2 rings (SSSR count). The van der Waals surface area contributed by atoms with E-state index in [-0.39, 0.29) is 24.4 Å². The minimum absolute atomic E-state index is 0.0748. The lowest BCUT2D eigenvalue weighted by molar-refractivity contribution is -0.138. The van der Waals surface area contributed by atoms with Gasteiger partial charge in [-0.2, -0.15) is 0 Å². The molecule has 1 fully saturated rings. The molecule has 0 aromatic heterocycles. The molecule has 0 bridgehead atoms. The topological polar surface area (TPSA) is 95.7 Å². The van der Waals surface area contributed by atoms with E-state index in [1.165, 1.54) is 4.90 Å². The zero-order chi connectivity index (χ0) is 15.2. The van der Waals surface area contributed by atoms with Crippen molar-refractivity contribution in [1.82, 2.24) is 10.2 Å². The number of piperidine rings is 1. The summed E-state index contributed by atoms with van der Waals surface area (Å²) in [6.45, 7) is 1.60. The second-order valence-electron chi connectivity index (χ2n) is 5.25. The molecule has 4 N–H and O–H groups in total. The van der Waals surface area contributed by atoms with Gasteiger partial charge in [-0.05, 0) is 31.6 Å². The van der Waals surface area contributed by atoms with Crippen LogP contribution in [0.2, 0.25) is 0 Å². The average molecular weight is 291 g/mol. The van der Waals surface area contributed by atoms with Crippen LogP contribution in [0, 0.1) is 5.92 Å². The summed E-state index contributed by atoms with van der Waals surface area (Å²) in [7, 11) is 0. The van der Waals surface area contributed by atoms with Crippen LogP contribution in [0.4, 0.5) is 0 Å². The number of nitrogens with two attached hydrogens (primary N) is 1. The lowest BCUT2D eigenvalue weighted by Crippen LogP contribution is -2.55. The van der Waals surface area contributed by atoms with Crippen molar-refractivity contribution in [3.05, 3.63) is 35.9 Å². The summed E-state index contributed by atoms with van der Waals surface area (Å²) in [4.78, 5) is 25.2. The first-order chi connectivity index (χ1) is 10.1. The summed E-state index contributed by atoms with van der Waals surface area (Å²) in [5, 5.41) is 12.4. The van der Waals surface area contributed by atoms with Gasteiger partial charge < -0.3 is 21.1 Å². The lowest BCUT2D eigenvalue weighted by Gasteiger charge is -2.39. The number of carboxylic acids is 1. The van der Waals surface area contributed by atoms with Crippen molar-refractivity contribution in [2.45, 2.75) is 12.5 Å². The Hall–Kier alpha value is -1.92. The van der Waals surface area contributed by atoms with Crippen LogP contribution in [0.5, 0.6) is 0 Å². The second kappa shape index (κ2) is 7.19. The van der Waals surface area contributed by atoms with Crippen molar-refractivity contribution in [2.75, 3.05) is 26.2 Å². The van der Waals surface area contributed by atoms with Crippen LogP contribution in [0.15, 0.2) is 30.3 Å². The molecule has 1 aromatic rings. The van der Waals surface area contributed by atoms with Crippen molar-refractivity contribution in [3.8, 4) is 0 Å². The summed E-state index contributed by atoms with van der Waals surface area (Å²) in [6.07, 6.45) is 0.716. The number of nitrogens with one attached hydrogen (secondary N) is 1. The molecule has 1 aliphatic rings. The van der Waals surface area contributed by atoms with E-state index in [9.17, 15) is 9.59 Å². The Morgan fingerprint density at radius 2 is 2.05 bits per heavy atom. The largest absolute Gasteiger partial charge is 0.480 e. The van der Waals surface area contributed by atoms with Gasteiger partial charge >= 0.3 is 5.97 Å². The summed E-state index contributed by atoms with van der Waals surface area (Å²) >= 11 is 0. The van der Waals surface area contributed by atoms with Crippen LogP contribution < -0.4 is 11.1 Å². The molecule has 1 saturated heterocycles. The molecular weight excluding hydrogens is 270 g/mol. The number of rotatable bonds is 5. The van der Waals surface area contributed by atoms with E-state index in [1.807, 2.05) is 6.07 Å². The Bertz CT molecular complexity index is 492. The number of benzene rings is 1. The van der Waals surface area contributed by atoms with Crippen LogP contribution in [0.25, 0.3) is 0 Å². The molecule has 21 heavy (non-hydrogen) atoms. The predicted molar refractivity (Wildman–Crippen MR) is 78.9 cm³/mol. The van der Waals surface area contributed by atoms with Gasteiger partial charge in [0.1, 0.15) is 6.54 Å². The van der Waals surface area contributed by atoms with Gasteiger partial charge in [-0.1, -0.05) is 18.2 Å². The van der Waals surface area contributed by atoms with E-state index >= 15 is 0 Å². The van der Waals surface area contributed by atoms with E-state index in [0.29, 0.717) is 25.1 Å². The normalized spacial score (nSPS) is 21.8. The van der Waals surface area contributed by atoms with Gasteiger partial charge in [0.2, 0.25) is 0 Å². The highest BCUT2D eigenvalue weighted by Crippen LogP contribution is 2.20. The average Bonchev–Trinajstić information content (AvgIpc) is 2.52. The molecule has 114 valence electrons. The van der Waals surface area contributed by atoms with Crippen molar-refractivity contribution in [3.63, 3.8) is 0 Å². The molecule has 0 saturated carbocycles. The summed E-state index contributed by atoms with van der Waals surface area (Å²) in [6, 6.07) is 8.64. The number of amides is 1. The summed E-state index contributed by atoms with van der Waals surface area (Å²) < 4.78 is 0. The van der Waals surface area contributed by atoms with Gasteiger partial charge in [-0.3, -0.25) is 9.59 Å². The smallest absolute Gasteiger partial charge is 0.323 e. The van der Waals surface area contributed by atoms with E-state index in [4.69, 9.17) is 10.8 Å². The molecule has 6 heteroatoms. The number of nitrogens with zero attached hydrogens (tertiary/aromatic N) is 1. The van der Waals surface area contributed by atoms with E-state index in [1.54, 1.807) is 24.3 Å². The molecule has 1 aromatic carbocycles. The SMILES string of the molecule is NCC1CNCCC1N(CC(=O)O)C(=O)c1ccccc1. The van der Waals surface area contributed by atoms with Gasteiger partial charge in [0, 0.05) is 24.1 Å². The fourth-order valence-corrected chi connectivity index (χ4v) is 2.79. The molecule has 1 heterocycles. The number of carboxylic acid groups (broad SMARTS) is 1. The highest BCUT2D eigenvalue weighted by molar-refractivity contribution is 5.96. The van der Waals surface area contributed by atoms with E-state index in [0.717, 1.165) is 6.54 Å². The van der Waals surface area contributed by atoms with Gasteiger partial charge in [-0.25, -0.2) is 0 Å². The predicted octanol–water partition coefficient (Wildman–Crippen LogP) is 0.150. The summed E-state index contributed by atoms with van der Waals surface area (Å²) in [5.41, 5.74) is 6.28. The Kier molecular flexibility index (Phi) is 5.30. The Balaban J connectivity index is 2.24. The first-order valence-corrected chi connectivity index (χ1v) is 7.12.